The summed E-state index contributed by atoms with van der Waals surface area (Å²) in [6, 6.07) is 13.5. The van der Waals surface area contributed by atoms with Gasteiger partial charge in [0.25, 0.3) is 5.91 Å². The van der Waals surface area contributed by atoms with Crippen LogP contribution in [0.2, 0.25) is 0 Å². The first-order valence-electron chi connectivity index (χ1n) is 12.2. The number of amides is 1. The Kier molecular flexibility index (Phi) is 7.54. The van der Waals surface area contributed by atoms with Gasteiger partial charge in [0.2, 0.25) is 0 Å². The minimum atomic E-state index is -0.685. The average molecular weight is 518 g/mol. The Hall–Kier alpha value is -3.81. The van der Waals surface area contributed by atoms with Crippen molar-refractivity contribution in [2.45, 2.75) is 58.4 Å². The summed E-state index contributed by atoms with van der Waals surface area (Å²) in [5.74, 6) is -1.12. The molecule has 0 aliphatic carbocycles. The van der Waals surface area contributed by atoms with Gasteiger partial charge in [0.05, 0.1) is 28.4 Å². The van der Waals surface area contributed by atoms with Crippen LogP contribution in [0, 0.1) is 23.0 Å². The van der Waals surface area contributed by atoms with Crippen LogP contribution in [0.3, 0.4) is 0 Å². The predicted octanol–water partition coefficient (Wildman–Crippen LogP) is 4.63. The van der Waals surface area contributed by atoms with Gasteiger partial charge in [0, 0.05) is 18.3 Å². The van der Waals surface area contributed by atoms with Crippen molar-refractivity contribution in [3.8, 4) is 6.07 Å². The number of carbonyl (C=O) groups excluding carboxylic acids is 1. The van der Waals surface area contributed by atoms with Gasteiger partial charge in [-0.15, -0.1) is 0 Å². The van der Waals surface area contributed by atoms with Crippen LogP contribution < -0.4 is 16.1 Å². The highest BCUT2D eigenvalue weighted by molar-refractivity contribution is 6.62. The minimum Gasteiger partial charge on any atom is -0.399 e. The second kappa shape index (κ2) is 10.5. The number of nitrogens with one attached hydrogen (secondary N) is 2. The fourth-order valence-electron chi connectivity index (χ4n) is 3.96. The van der Waals surface area contributed by atoms with Gasteiger partial charge in [0.1, 0.15) is 23.5 Å². The smallest absolute Gasteiger partial charge is 0.399 e. The number of anilines is 1. The van der Waals surface area contributed by atoms with Gasteiger partial charge in [-0.05, 0) is 69.9 Å². The molecule has 1 fully saturated rings. The number of aromatic nitrogens is 1. The Balaban J connectivity index is 1.49. The van der Waals surface area contributed by atoms with Gasteiger partial charge in [0.15, 0.2) is 0 Å². The van der Waals surface area contributed by atoms with E-state index < -0.39 is 36.1 Å². The number of rotatable bonds is 7. The Morgan fingerprint density at radius 1 is 1.08 bits per heavy atom. The molecule has 1 saturated heterocycles. The summed E-state index contributed by atoms with van der Waals surface area (Å²) >= 11 is 0. The zero-order chi connectivity index (χ0) is 27.7. The van der Waals surface area contributed by atoms with E-state index in [2.05, 4.69) is 15.6 Å². The normalized spacial score (nSPS) is 16.5. The van der Waals surface area contributed by atoms with Gasteiger partial charge in [-0.25, -0.2) is 13.8 Å². The lowest BCUT2D eigenvalue weighted by Crippen LogP contribution is -2.41. The second-order valence-corrected chi connectivity index (χ2v) is 10.3. The molecule has 0 radical (unpaired) electrons. The van der Waals surface area contributed by atoms with E-state index in [9.17, 15) is 14.4 Å². The Bertz CT molecular complexity index is 1370. The molecule has 1 atom stereocenters. The molecule has 2 N–H and O–H groups in total. The molecule has 0 bridgehead atoms. The topological polar surface area (TPSA) is 96.3 Å². The number of halogens is 2. The van der Waals surface area contributed by atoms with Gasteiger partial charge >= 0.3 is 7.12 Å². The molecule has 196 valence electrons. The highest BCUT2D eigenvalue weighted by atomic mass is 19.1. The average Bonchev–Trinajstić information content (AvgIpc) is 3.10. The van der Waals surface area contributed by atoms with Gasteiger partial charge in [-0.2, -0.15) is 5.26 Å². The van der Waals surface area contributed by atoms with E-state index in [0.29, 0.717) is 16.6 Å². The molecule has 4 rings (SSSR count). The van der Waals surface area contributed by atoms with E-state index in [4.69, 9.17) is 9.31 Å². The fourth-order valence-corrected chi connectivity index (χ4v) is 3.96. The molecule has 0 unspecified atom stereocenters. The number of nitriles is 1. The number of pyridine rings is 1. The number of nitrogens with zero attached hydrogens (tertiary/aromatic N) is 2. The summed E-state index contributed by atoms with van der Waals surface area (Å²) in [7, 11) is -0.685. The van der Waals surface area contributed by atoms with E-state index in [-0.39, 0.29) is 29.3 Å². The summed E-state index contributed by atoms with van der Waals surface area (Å²) in [5.41, 5.74) is 0.878. The first-order chi connectivity index (χ1) is 17.9. The lowest BCUT2D eigenvalue weighted by molar-refractivity contribution is 0.00578. The third kappa shape index (κ3) is 5.69. The van der Waals surface area contributed by atoms with Crippen molar-refractivity contribution >= 4 is 24.3 Å². The standard InChI is InChI=1S/C28H29BF2N4O3/c1-17(19-7-10-22(30)11-8-19)35-26(36)23-12-18(14-32)15-33-25(23)34-16-20-6-9-21(13-24(20)31)29-37-27(2,3)28(4,5)38-29/h6-13,15,17H,16H2,1-5H3,(H,33,34)(H,35,36)/t17-/m0/s1. The molecule has 1 aliphatic rings. The maximum Gasteiger partial charge on any atom is 0.494 e. The summed E-state index contributed by atoms with van der Waals surface area (Å²) < 4.78 is 40.3. The second-order valence-electron chi connectivity index (χ2n) is 10.3. The van der Waals surface area contributed by atoms with Crippen LogP contribution in [0.1, 0.15) is 67.7 Å². The minimum absolute atomic E-state index is 0.0438. The summed E-state index contributed by atoms with van der Waals surface area (Å²) in [5, 5.41) is 15.1. The monoisotopic (exact) mass is 518 g/mol. The Morgan fingerprint density at radius 2 is 1.74 bits per heavy atom. The van der Waals surface area contributed by atoms with Crippen LogP contribution in [-0.2, 0) is 15.9 Å². The third-order valence-corrected chi connectivity index (χ3v) is 7.03. The molecule has 0 spiro atoms. The maximum atomic E-state index is 15.0. The van der Waals surface area contributed by atoms with Crippen molar-refractivity contribution < 1.29 is 22.9 Å². The van der Waals surface area contributed by atoms with Crippen molar-refractivity contribution in [1.29, 1.82) is 5.26 Å². The van der Waals surface area contributed by atoms with E-state index in [1.165, 1.54) is 30.5 Å². The van der Waals surface area contributed by atoms with E-state index in [1.54, 1.807) is 31.2 Å². The van der Waals surface area contributed by atoms with Crippen LogP contribution in [0.25, 0.3) is 0 Å². The molecular formula is C28H29BF2N4O3. The highest BCUT2D eigenvalue weighted by Gasteiger charge is 2.51. The van der Waals surface area contributed by atoms with E-state index in [0.717, 1.165) is 0 Å². The number of benzene rings is 2. The molecule has 2 aromatic carbocycles. The summed E-state index contributed by atoms with van der Waals surface area (Å²) in [6.45, 7) is 9.53. The van der Waals surface area contributed by atoms with Gasteiger partial charge < -0.3 is 19.9 Å². The largest absolute Gasteiger partial charge is 0.494 e. The van der Waals surface area contributed by atoms with Crippen molar-refractivity contribution in [3.05, 3.63) is 88.6 Å². The summed E-state index contributed by atoms with van der Waals surface area (Å²) in [6.07, 6.45) is 1.33. The molecule has 10 heteroatoms. The number of carbonyl (C=O) groups is 1. The number of hydrogen-bond donors (Lipinski definition) is 2. The quantitative estimate of drug-likeness (QED) is 0.443. The van der Waals surface area contributed by atoms with Crippen LogP contribution in [0.15, 0.2) is 54.7 Å². The van der Waals surface area contributed by atoms with Crippen LogP contribution in [0.5, 0.6) is 0 Å². The van der Waals surface area contributed by atoms with E-state index >= 15 is 4.39 Å². The molecule has 7 nitrogen and oxygen atoms in total. The van der Waals surface area contributed by atoms with Gasteiger partial charge in [-0.3, -0.25) is 4.79 Å². The third-order valence-electron chi connectivity index (χ3n) is 7.03. The van der Waals surface area contributed by atoms with Crippen molar-refractivity contribution in [2.24, 2.45) is 0 Å². The molecule has 2 heterocycles. The zero-order valence-corrected chi connectivity index (χ0v) is 21.9. The molecule has 1 aliphatic heterocycles. The Labute approximate surface area is 221 Å². The van der Waals surface area contributed by atoms with Gasteiger partial charge in [-0.1, -0.05) is 24.3 Å². The molecule has 0 saturated carbocycles. The predicted molar refractivity (Wildman–Crippen MR) is 141 cm³/mol. The first kappa shape index (κ1) is 27.2. The SMILES string of the molecule is C[C@H](NC(=O)c1cc(C#N)cnc1NCc1ccc(B2OC(C)(C)C(C)(C)O2)cc1F)c1ccc(F)cc1. The molecule has 1 aromatic heterocycles. The van der Waals surface area contributed by atoms with Crippen LogP contribution in [0.4, 0.5) is 14.6 Å². The van der Waals surface area contributed by atoms with Crippen LogP contribution in [-0.4, -0.2) is 29.2 Å². The van der Waals surface area contributed by atoms with Crippen molar-refractivity contribution in [2.75, 3.05) is 5.32 Å². The van der Waals surface area contributed by atoms with Crippen LogP contribution >= 0.6 is 0 Å². The van der Waals surface area contributed by atoms with Crippen molar-refractivity contribution in [1.82, 2.24) is 10.3 Å². The first-order valence-corrected chi connectivity index (χ1v) is 12.2. The van der Waals surface area contributed by atoms with Crippen molar-refractivity contribution in [3.63, 3.8) is 0 Å². The molecule has 38 heavy (non-hydrogen) atoms. The summed E-state index contributed by atoms with van der Waals surface area (Å²) in [4.78, 5) is 17.3. The fraction of sp³-hybridized carbons (Fsp3) is 0.321. The lowest BCUT2D eigenvalue weighted by Gasteiger charge is -2.32. The number of hydrogen-bond acceptors (Lipinski definition) is 6. The molecular weight excluding hydrogens is 489 g/mol. The lowest BCUT2D eigenvalue weighted by atomic mass is 9.78. The highest BCUT2D eigenvalue weighted by Crippen LogP contribution is 2.36. The molecule has 3 aromatic rings. The zero-order valence-electron chi connectivity index (χ0n) is 21.9. The van der Waals surface area contributed by atoms with E-state index in [1.807, 2.05) is 33.8 Å². The maximum absolute atomic E-state index is 15.0. The molecule has 1 amide bonds. The Morgan fingerprint density at radius 3 is 2.34 bits per heavy atom.